The van der Waals surface area contributed by atoms with Crippen molar-refractivity contribution in [3.05, 3.63) is 18.2 Å². The summed E-state index contributed by atoms with van der Waals surface area (Å²) in [4.78, 5) is 16.6. The van der Waals surface area contributed by atoms with E-state index in [1.807, 2.05) is 11.0 Å². The maximum atomic E-state index is 12.3. The first-order valence-electron chi connectivity index (χ1n) is 9.32. The summed E-state index contributed by atoms with van der Waals surface area (Å²) in [6, 6.07) is 6.26. The highest BCUT2D eigenvalue weighted by Crippen LogP contribution is 2.36. The van der Waals surface area contributed by atoms with E-state index in [4.69, 9.17) is 4.74 Å². The van der Waals surface area contributed by atoms with E-state index in [0.717, 1.165) is 50.6 Å². The lowest BCUT2D eigenvalue weighted by atomic mass is 10.1. The molecule has 1 fully saturated rings. The Kier molecular flexibility index (Phi) is 5.96. The van der Waals surface area contributed by atoms with E-state index < -0.39 is 0 Å². The molecule has 1 N–H and O–H groups in total. The standard InChI is InChI=1S/C19H29N3O2/c1-2-3-4-5-6-11-22-17-14-16(21-12-9-20-10-13-21)7-8-18(17)24-15-19(22)23/h7-8,14,20H,2-6,9-13,15H2,1H3. The Labute approximate surface area is 145 Å². The molecule has 0 bridgehead atoms. The number of amides is 1. The molecule has 0 radical (unpaired) electrons. The summed E-state index contributed by atoms with van der Waals surface area (Å²) in [5, 5.41) is 3.38. The van der Waals surface area contributed by atoms with Crippen molar-refractivity contribution in [1.82, 2.24) is 5.32 Å². The molecule has 1 saturated heterocycles. The van der Waals surface area contributed by atoms with E-state index in [2.05, 4.69) is 29.3 Å². The largest absolute Gasteiger partial charge is 0.482 e. The molecule has 24 heavy (non-hydrogen) atoms. The monoisotopic (exact) mass is 331 g/mol. The Morgan fingerprint density at radius 3 is 2.71 bits per heavy atom. The summed E-state index contributed by atoms with van der Waals surface area (Å²) in [6.45, 7) is 7.20. The Hall–Kier alpha value is -1.75. The first-order chi connectivity index (χ1) is 11.8. The summed E-state index contributed by atoms with van der Waals surface area (Å²) in [5.74, 6) is 0.914. The van der Waals surface area contributed by atoms with Crippen LogP contribution in [0.3, 0.4) is 0 Å². The smallest absolute Gasteiger partial charge is 0.265 e. The molecule has 5 nitrogen and oxygen atoms in total. The number of piperazine rings is 1. The van der Waals surface area contributed by atoms with Crippen molar-refractivity contribution >= 4 is 17.3 Å². The van der Waals surface area contributed by atoms with Gasteiger partial charge < -0.3 is 19.9 Å². The van der Waals surface area contributed by atoms with E-state index in [1.54, 1.807) is 0 Å². The van der Waals surface area contributed by atoms with Crippen LogP contribution in [0.4, 0.5) is 11.4 Å². The lowest BCUT2D eigenvalue weighted by Gasteiger charge is -2.33. The third kappa shape index (κ3) is 4.01. The van der Waals surface area contributed by atoms with Crippen LogP contribution in [0, 0.1) is 0 Å². The highest BCUT2D eigenvalue weighted by atomic mass is 16.5. The van der Waals surface area contributed by atoms with Crippen LogP contribution < -0.4 is 19.9 Å². The average molecular weight is 331 g/mol. The molecule has 0 spiro atoms. The van der Waals surface area contributed by atoms with Crippen molar-refractivity contribution in [2.24, 2.45) is 0 Å². The van der Waals surface area contributed by atoms with Crippen LogP contribution in [0.1, 0.15) is 39.0 Å². The van der Waals surface area contributed by atoms with Gasteiger partial charge >= 0.3 is 0 Å². The molecular weight excluding hydrogens is 302 g/mol. The Balaban J connectivity index is 1.70. The normalized spacial score (nSPS) is 17.6. The summed E-state index contributed by atoms with van der Waals surface area (Å²) >= 11 is 0. The fourth-order valence-corrected chi connectivity index (χ4v) is 3.43. The van der Waals surface area contributed by atoms with E-state index >= 15 is 0 Å². The number of carbonyl (C=O) groups is 1. The minimum atomic E-state index is 0.0791. The predicted octanol–water partition coefficient (Wildman–Crippen LogP) is 2.79. The number of ether oxygens (including phenoxy) is 1. The third-order valence-electron chi connectivity index (χ3n) is 4.85. The van der Waals surface area contributed by atoms with Crippen LogP contribution in [0.15, 0.2) is 18.2 Å². The van der Waals surface area contributed by atoms with Crippen LogP contribution in [-0.2, 0) is 4.79 Å². The number of rotatable bonds is 7. The maximum absolute atomic E-state index is 12.3. The van der Waals surface area contributed by atoms with Gasteiger partial charge in [0.25, 0.3) is 5.91 Å². The zero-order valence-corrected chi connectivity index (χ0v) is 14.7. The quantitative estimate of drug-likeness (QED) is 0.781. The van der Waals surface area contributed by atoms with E-state index in [9.17, 15) is 4.79 Å². The highest BCUT2D eigenvalue weighted by molar-refractivity contribution is 5.98. The Morgan fingerprint density at radius 2 is 1.92 bits per heavy atom. The van der Waals surface area contributed by atoms with Crippen molar-refractivity contribution in [2.75, 3.05) is 49.1 Å². The molecule has 0 unspecified atom stereocenters. The van der Waals surface area contributed by atoms with Gasteiger partial charge in [-0.15, -0.1) is 0 Å². The Bertz CT molecular complexity index is 556. The summed E-state index contributed by atoms with van der Waals surface area (Å²) in [6.07, 6.45) is 6.02. The number of unbranched alkanes of at least 4 members (excludes halogenated alkanes) is 4. The number of fused-ring (bicyclic) bond motifs is 1. The number of benzene rings is 1. The van der Waals surface area contributed by atoms with Gasteiger partial charge in [0, 0.05) is 38.4 Å². The van der Waals surface area contributed by atoms with Gasteiger partial charge in [-0.2, -0.15) is 0 Å². The zero-order valence-electron chi connectivity index (χ0n) is 14.7. The van der Waals surface area contributed by atoms with Crippen LogP contribution in [0.5, 0.6) is 5.75 Å². The van der Waals surface area contributed by atoms with E-state index in [0.29, 0.717) is 0 Å². The van der Waals surface area contributed by atoms with Gasteiger partial charge in [0.1, 0.15) is 5.75 Å². The second-order valence-electron chi connectivity index (χ2n) is 6.64. The SMILES string of the molecule is CCCCCCCN1C(=O)COc2ccc(N3CCNCC3)cc21. The predicted molar refractivity (Wildman–Crippen MR) is 98.1 cm³/mol. The maximum Gasteiger partial charge on any atom is 0.265 e. The number of hydrogen-bond acceptors (Lipinski definition) is 4. The molecule has 1 amide bonds. The molecule has 0 atom stereocenters. The highest BCUT2D eigenvalue weighted by Gasteiger charge is 2.26. The first kappa shape index (κ1) is 17.1. The fourth-order valence-electron chi connectivity index (χ4n) is 3.43. The minimum absolute atomic E-state index is 0.0791. The average Bonchev–Trinajstić information content (AvgIpc) is 2.63. The summed E-state index contributed by atoms with van der Waals surface area (Å²) in [7, 11) is 0. The van der Waals surface area contributed by atoms with Crippen molar-refractivity contribution < 1.29 is 9.53 Å². The molecule has 3 rings (SSSR count). The molecule has 2 aliphatic heterocycles. The van der Waals surface area contributed by atoms with Crippen LogP contribution >= 0.6 is 0 Å². The van der Waals surface area contributed by atoms with Gasteiger partial charge in [-0.05, 0) is 24.6 Å². The lowest BCUT2D eigenvalue weighted by molar-refractivity contribution is -0.121. The van der Waals surface area contributed by atoms with Gasteiger partial charge in [-0.3, -0.25) is 4.79 Å². The molecule has 2 aliphatic rings. The molecular formula is C19H29N3O2. The first-order valence-corrected chi connectivity index (χ1v) is 9.32. The van der Waals surface area contributed by atoms with Crippen molar-refractivity contribution in [3.8, 4) is 5.75 Å². The van der Waals surface area contributed by atoms with Gasteiger partial charge in [0.15, 0.2) is 6.61 Å². The fraction of sp³-hybridized carbons (Fsp3) is 0.632. The zero-order chi connectivity index (χ0) is 16.8. The third-order valence-corrected chi connectivity index (χ3v) is 4.85. The molecule has 1 aromatic carbocycles. The van der Waals surface area contributed by atoms with E-state index in [1.165, 1.54) is 31.4 Å². The number of nitrogens with one attached hydrogen (secondary N) is 1. The molecule has 2 heterocycles. The molecule has 1 aromatic rings. The molecule has 0 saturated carbocycles. The van der Waals surface area contributed by atoms with Crippen molar-refractivity contribution in [2.45, 2.75) is 39.0 Å². The second-order valence-corrected chi connectivity index (χ2v) is 6.64. The molecule has 0 aliphatic carbocycles. The van der Waals surface area contributed by atoms with Crippen LogP contribution in [0.2, 0.25) is 0 Å². The summed E-state index contributed by atoms with van der Waals surface area (Å²) in [5.41, 5.74) is 2.13. The molecule has 5 heteroatoms. The van der Waals surface area contributed by atoms with Gasteiger partial charge in [-0.25, -0.2) is 0 Å². The molecule has 132 valence electrons. The van der Waals surface area contributed by atoms with Gasteiger partial charge in [0.05, 0.1) is 5.69 Å². The second kappa shape index (κ2) is 8.38. The Morgan fingerprint density at radius 1 is 1.12 bits per heavy atom. The molecule has 0 aromatic heterocycles. The number of carbonyl (C=O) groups excluding carboxylic acids is 1. The topological polar surface area (TPSA) is 44.8 Å². The van der Waals surface area contributed by atoms with Gasteiger partial charge in [0.2, 0.25) is 0 Å². The van der Waals surface area contributed by atoms with E-state index in [-0.39, 0.29) is 12.5 Å². The van der Waals surface area contributed by atoms with Crippen molar-refractivity contribution in [1.29, 1.82) is 0 Å². The summed E-state index contributed by atoms with van der Waals surface area (Å²) < 4.78 is 5.63. The minimum Gasteiger partial charge on any atom is -0.482 e. The van der Waals surface area contributed by atoms with Crippen LogP contribution in [0.25, 0.3) is 0 Å². The number of anilines is 2. The lowest BCUT2D eigenvalue weighted by Crippen LogP contribution is -2.44. The number of hydrogen-bond donors (Lipinski definition) is 1. The number of nitrogens with zero attached hydrogens (tertiary/aromatic N) is 2. The van der Waals surface area contributed by atoms with Gasteiger partial charge in [-0.1, -0.05) is 32.6 Å². The van der Waals surface area contributed by atoms with Crippen LogP contribution in [-0.4, -0.2) is 45.2 Å². The van der Waals surface area contributed by atoms with Crippen molar-refractivity contribution in [3.63, 3.8) is 0 Å².